The molecule has 0 bridgehead atoms. The highest BCUT2D eigenvalue weighted by atomic mass is 14.9. The van der Waals surface area contributed by atoms with E-state index in [-0.39, 0.29) is 5.41 Å². The lowest BCUT2D eigenvalue weighted by Gasteiger charge is -2.17. The number of aryl methyl sites for hydroxylation is 3. The Kier molecular flexibility index (Phi) is 2.37. The molecule has 0 saturated carbocycles. The fourth-order valence-electron chi connectivity index (χ4n) is 2.24. The molecule has 2 aromatic rings. The molecular formula is C15H21N. The second-order valence-electron chi connectivity index (χ2n) is 5.86. The van der Waals surface area contributed by atoms with Crippen LogP contribution in [-0.2, 0) is 12.5 Å². The molecule has 0 N–H and O–H groups in total. The third-order valence-corrected chi connectivity index (χ3v) is 3.41. The van der Waals surface area contributed by atoms with E-state index in [9.17, 15) is 0 Å². The summed E-state index contributed by atoms with van der Waals surface area (Å²) in [5.74, 6) is 0. The van der Waals surface area contributed by atoms with Crippen molar-refractivity contribution in [2.45, 2.75) is 40.0 Å². The fourth-order valence-corrected chi connectivity index (χ4v) is 2.24. The number of nitrogens with zero attached hydrogens (tertiary/aromatic N) is 1. The van der Waals surface area contributed by atoms with Crippen molar-refractivity contribution in [3.8, 4) is 0 Å². The standard InChI is InChI=1S/C15H21N/c1-10-7-12-13(15(3,4)5)9-16(6)14(12)8-11(10)2/h7-9H,1-6H3. The minimum atomic E-state index is 0.210. The summed E-state index contributed by atoms with van der Waals surface area (Å²) in [6.45, 7) is 11.2. The summed E-state index contributed by atoms with van der Waals surface area (Å²) in [6, 6.07) is 4.62. The molecule has 0 spiro atoms. The van der Waals surface area contributed by atoms with Gasteiger partial charge < -0.3 is 4.57 Å². The van der Waals surface area contributed by atoms with Crippen LogP contribution in [0.25, 0.3) is 10.9 Å². The van der Waals surface area contributed by atoms with Crippen LogP contribution in [0.5, 0.6) is 0 Å². The lowest BCUT2D eigenvalue weighted by atomic mass is 9.86. The second-order valence-corrected chi connectivity index (χ2v) is 5.86. The zero-order valence-electron chi connectivity index (χ0n) is 11.2. The molecule has 2 rings (SSSR count). The first-order chi connectivity index (χ1) is 7.30. The van der Waals surface area contributed by atoms with Gasteiger partial charge in [-0.2, -0.15) is 0 Å². The van der Waals surface area contributed by atoms with Crippen molar-refractivity contribution in [3.05, 3.63) is 35.0 Å². The second kappa shape index (κ2) is 3.38. The van der Waals surface area contributed by atoms with Crippen molar-refractivity contribution >= 4 is 10.9 Å². The van der Waals surface area contributed by atoms with Crippen molar-refractivity contribution < 1.29 is 0 Å². The Balaban J connectivity index is 2.84. The number of aromatic nitrogens is 1. The minimum absolute atomic E-state index is 0.210. The summed E-state index contributed by atoms with van der Waals surface area (Å²) < 4.78 is 2.24. The summed E-state index contributed by atoms with van der Waals surface area (Å²) in [5.41, 5.74) is 5.74. The molecule has 0 radical (unpaired) electrons. The Morgan fingerprint density at radius 2 is 1.56 bits per heavy atom. The van der Waals surface area contributed by atoms with Gasteiger partial charge in [-0.3, -0.25) is 0 Å². The summed E-state index contributed by atoms with van der Waals surface area (Å²) in [5, 5.41) is 1.40. The normalized spacial score (nSPS) is 12.4. The average Bonchev–Trinajstić information content (AvgIpc) is 2.45. The number of rotatable bonds is 0. The van der Waals surface area contributed by atoms with E-state index >= 15 is 0 Å². The van der Waals surface area contributed by atoms with Crippen LogP contribution < -0.4 is 0 Å². The number of hydrogen-bond donors (Lipinski definition) is 0. The quantitative estimate of drug-likeness (QED) is 0.623. The maximum atomic E-state index is 2.32. The first kappa shape index (κ1) is 11.3. The maximum absolute atomic E-state index is 2.32. The molecule has 0 atom stereocenters. The topological polar surface area (TPSA) is 4.93 Å². The van der Waals surface area contributed by atoms with E-state index in [1.54, 1.807) is 0 Å². The van der Waals surface area contributed by atoms with Crippen LogP contribution in [0.2, 0.25) is 0 Å². The van der Waals surface area contributed by atoms with E-state index in [0.717, 1.165) is 0 Å². The third kappa shape index (κ3) is 1.64. The third-order valence-electron chi connectivity index (χ3n) is 3.41. The van der Waals surface area contributed by atoms with E-state index in [2.05, 4.69) is 64.6 Å². The monoisotopic (exact) mass is 215 g/mol. The van der Waals surface area contributed by atoms with Crippen molar-refractivity contribution in [2.75, 3.05) is 0 Å². The highest BCUT2D eigenvalue weighted by molar-refractivity contribution is 5.86. The molecule has 1 aromatic carbocycles. The maximum Gasteiger partial charge on any atom is 0.0483 e. The Hall–Kier alpha value is -1.24. The van der Waals surface area contributed by atoms with Crippen molar-refractivity contribution in [3.63, 3.8) is 0 Å². The Labute approximate surface area is 98.1 Å². The van der Waals surface area contributed by atoms with E-state index in [1.165, 1.54) is 27.6 Å². The van der Waals surface area contributed by atoms with Gasteiger partial charge in [0.2, 0.25) is 0 Å². The average molecular weight is 215 g/mol. The van der Waals surface area contributed by atoms with Gasteiger partial charge in [0.25, 0.3) is 0 Å². The van der Waals surface area contributed by atoms with Gasteiger partial charge >= 0.3 is 0 Å². The fraction of sp³-hybridized carbons (Fsp3) is 0.467. The summed E-state index contributed by atoms with van der Waals surface area (Å²) in [6.07, 6.45) is 2.27. The van der Waals surface area contributed by atoms with Crippen LogP contribution in [0.3, 0.4) is 0 Å². The SMILES string of the molecule is Cc1cc2c(C(C)(C)C)cn(C)c2cc1C. The molecule has 0 amide bonds. The summed E-state index contributed by atoms with van der Waals surface area (Å²) in [7, 11) is 2.13. The molecule has 1 heteroatoms. The molecule has 16 heavy (non-hydrogen) atoms. The highest BCUT2D eigenvalue weighted by Gasteiger charge is 2.19. The van der Waals surface area contributed by atoms with E-state index in [1.807, 2.05) is 0 Å². The van der Waals surface area contributed by atoms with Gasteiger partial charge in [0.05, 0.1) is 0 Å². The van der Waals surface area contributed by atoms with Gasteiger partial charge in [0.1, 0.15) is 0 Å². The van der Waals surface area contributed by atoms with Crippen molar-refractivity contribution in [2.24, 2.45) is 7.05 Å². The zero-order valence-corrected chi connectivity index (χ0v) is 11.2. The molecule has 0 fully saturated rings. The van der Waals surface area contributed by atoms with Crippen molar-refractivity contribution in [1.29, 1.82) is 0 Å². The number of fused-ring (bicyclic) bond motifs is 1. The molecule has 1 aromatic heterocycles. The molecule has 86 valence electrons. The van der Waals surface area contributed by atoms with Crippen molar-refractivity contribution in [1.82, 2.24) is 4.57 Å². The van der Waals surface area contributed by atoms with Crippen LogP contribution in [-0.4, -0.2) is 4.57 Å². The van der Waals surface area contributed by atoms with Crippen LogP contribution >= 0.6 is 0 Å². The number of benzene rings is 1. The zero-order chi connectivity index (χ0) is 12.1. The van der Waals surface area contributed by atoms with E-state index < -0.39 is 0 Å². The smallest absolute Gasteiger partial charge is 0.0483 e. The van der Waals surface area contributed by atoms with Gasteiger partial charge in [-0.1, -0.05) is 20.8 Å². The van der Waals surface area contributed by atoms with Gasteiger partial charge in [-0.05, 0) is 48.1 Å². The molecule has 1 heterocycles. The van der Waals surface area contributed by atoms with Crippen LogP contribution in [0.1, 0.15) is 37.5 Å². The Bertz CT molecular complexity index is 539. The lowest BCUT2D eigenvalue weighted by molar-refractivity contribution is 0.593. The van der Waals surface area contributed by atoms with E-state index in [0.29, 0.717) is 0 Å². The molecule has 0 aliphatic rings. The first-order valence-electron chi connectivity index (χ1n) is 5.87. The molecule has 0 unspecified atom stereocenters. The Morgan fingerprint density at radius 1 is 1.00 bits per heavy atom. The molecule has 0 saturated heterocycles. The molecule has 0 aliphatic heterocycles. The van der Waals surface area contributed by atoms with Crippen LogP contribution in [0.4, 0.5) is 0 Å². The van der Waals surface area contributed by atoms with Gasteiger partial charge in [-0.25, -0.2) is 0 Å². The molecule has 0 aliphatic carbocycles. The molecule has 1 nitrogen and oxygen atoms in total. The highest BCUT2D eigenvalue weighted by Crippen LogP contribution is 2.32. The summed E-state index contributed by atoms with van der Waals surface area (Å²) >= 11 is 0. The number of hydrogen-bond acceptors (Lipinski definition) is 0. The largest absolute Gasteiger partial charge is 0.350 e. The molecular weight excluding hydrogens is 194 g/mol. The van der Waals surface area contributed by atoms with E-state index in [4.69, 9.17) is 0 Å². The minimum Gasteiger partial charge on any atom is -0.350 e. The summed E-state index contributed by atoms with van der Waals surface area (Å²) in [4.78, 5) is 0. The van der Waals surface area contributed by atoms with Crippen LogP contribution in [0, 0.1) is 13.8 Å². The van der Waals surface area contributed by atoms with Gasteiger partial charge in [-0.15, -0.1) is 0 Å². The van der Waals surface area contributed by atoms with Gasteiger partial charge in [0.15, 0.2) is 0 Å². The van der Waals surface area contributed by atoms with Crippen LogP contribution in [0.15, 0.2) is 18.3 Å². The predicted molar refractivity (Wildman–Crippen MR) is 71.1 cm³/mol. The predicted octanol–water partition coefficient (Wildman–Crippen LogP) is 4.09. The Morgan fingerprint density at radius 3 is 2.12 bits per heavy atom. The lowest BCUT2D eigenvalue weighted by Crippen LogP contribution is -2.10. The first-order valence-corrected chi connectivity index (χ1v) is 5.87. The van der Waals surface area contributed by atoms with Gasteiger partial charge in [0, 0.05) is 24.1 Å².